The lowest BCUT2D eigenvalue weighted by molar-refractivity contribution is 0.0943. The van der Waals surface area contributed by atoms with Gasteiger partial charge in [-0.25, -0.2) is 13.1 Å². The van der Waals surface area contributed by atoms with Gasteiger partial charge in [-0.3, -0.25) is 0 Å². The van der Waals surface area contributed by atoms with Crippen LogP contribution in [0.4, 0.5) is 0 Å². The third kappa shape index (κ3) is 3.47. The molecule has 1 aliphatic heterocycles. The maximum Gasteiger partial charge on any atom is 0.240 e. The Morgan fingerprint density at radius 1 is 1.21 bits per heavy atom. The normalized spacial score (nSPS) is 16.7. The van der Waals surface area contributed by atoms with Crippen molar-refractivity contribution in [2.45, 2.75) is 17.9 Å². The van der Waals surface area contributed by atoms with E-state index < -0.39 is 10.0 Å². The van der Waals surface area contributed by atoms with Gasteiger partial charge in [-0.1, -0.05) is 12.1 Å². The molecular formula is C17H19NO5S. The average molecular weight is 349 g/mol. The molecule has 2 aromatic carbocycles. The quantitative estimate of drug-likeness (QED) is 0.895. The van der Waals surface area contributed by atoms with Crippen molar-refractivity contribution in [1.29, 1.82) is 0 Å². The molecule has 1 N–H and O–H groups in total. The summed E-state index contributed by atoms with van der Waals surface area (Å²) in [7, 11) is -2.08. The van der Waals surface area contributed by atoms with E-state index in [1.165, 1.54) is 6.07 Å². The van der Waals surface area contributed by atoms with Crippen LogP contribution in [-0.4, -0.2) is 34.8 Å². The van der Waals surface area contributed by atoms with Crippen molar-refractivity contribution in [3.05, 3.63) is 48.0 Å². The predicted molar refractivity (Wildman–Crippen MR) is 89.3 cm³/mol. The summed E-state index contributed by atoms with van der Waals surface area (Å²) in [6.07, 6.45) is -0.381. The SMILES string of the molecule is COc1ccc(S(=O)(=O)NC[C@H]2COc3ccccc3O2)cc1C. The van der Waals surface area contributed by atoms with Crippen LogP contribution in [0.5, 0.6) is 17.2 Å². The van der Waals surface area contributed by atoms with Crippen LogP contribution < -0.4 is 18.9 Å². The molecule has 0 saturated carbocycles. The van der Waals surface area contributed by atoms with E-state index in [2.05, 4.69) is 4.72 Å². The standard InChI is InChI=1S/C17H19NO5S/c1-12-9-14(7-8-15(12)21-2)24(19,20)18-10-13-11-22-16-5-3-4-6-17(16)23-13/h3-9,13,18H,10-11H2,1-2H3/t13-/m0/s1. The minimum atomic E-state index is -3.63. The summed E-state index contributed by atoms with van der Waals surface area (Å²) >= 11 is 0. The summed E-state index contributed by atoms with van der Waals surface area (Å²) in [5.74, 6) is 1.94. The van der Waals surface area contributed by atoms with Crippen LogP contribution in [0.25, 0.3) is 0 Å². The van der Waals surface area contributed by atoms with Gasteiger partial charge in [0, 0.05) is 0 Å². The van der Waals surface area contributed by atoms with Gasteiger partial charge in [0.15, 0.2) is 11.5 Å². The van der Waals surface area contributed by atoms with Crippen LogP contribution in [-0.2, 0) is 10.0 Å². The maximum absolute atomic E-state index is 12.4. The number of hydrogen-bond donors (Lipinski definition) is 1. The number of ether oxygens (including phenoxy) is 3. The number of methoxy groups -OCH3 is 1. The summed E-state index contributed by atoms with van der Waals surface area (Å²) in [6, 6.07) is 12.0. The first-order valence-electron chi connectivity index (χ1n) is 7.52. The first-order valence-corrected chi connectivity index (χ1v) is 9.01. The highest BCUT2D eigenvalue weighted by Crippen LogP contribution is 2.30. The third-order valence-electron chi connectivity index (χ3n) is 3.75. The molecule has 6 nitrogen and oxygen atoms in total. The number of nitrogens with one attached hydrogen (secondary N) is 1. The van der Waals surface area contributed by atoms with E-state index in [1.807, 2.05) is 18.2 Å². The van der Waals surface area contributed by atoms with Gasteiger partial charge in [0.2, 0.25) is 10.0 Å². The van der Waals surface area contributed by atoms with Crippen molar-refractivity contribution in [2.75, 3.05) is 20.3 Å². The Labute approximate surface area is 141 Å². The summed E-state index contributed by atoms with van der Waals surface area (Å²) in [4.78, 5) is 0.193. The van der Waals surface area contributed by atoms with E-state index in [0.29, 0.717) is 23.9 Å². The van der Waals surface area contributed by atoms with Gasteiger partial charge in [0.05, 0.1) is 18.6 Å². The van der Waals surface area contributed by atoms with Crippen molar-refractivity contribution < 1.29 is 22.6 Å². The van der Waals surface area contributed by atoms with Crippen molar-refractivity contribution >= 4 is 10.0 Å². The predicted octanol–water partition coefficient (Wildman–Crippen LogP) is 2.12. The van der Waals surface area contributed by atoms with E-state index in [9.17, 15) is 8.42 Å². The molecule has 1 atom stereocenters. The smallest absolute Gasteiger partial charge is 0.240 e. The van der Waals surface area contributed by atoms with E-state index in [-0.39, 0.29) is 17.5 Å². The zero-order chi connectivity index (χ0) is 17.2. The number of rotatable bonds is 5. The van der Waals surface area contributed by atoms with Crippen LogP contribution in [0.1, 0.15) is 5.56 Å². The fourth-order valence-corrected chi connectivity index (χ4v) is 3.62. The molecule has 3 rings (SSSR count). The lowest BCUT2D eigenvalue weighted by atomic mass is 10.2. The van der Waals surface area contributed by atoms with Crippen LogP contribution >= 0.6 is 0 Å². The third-order valence-corrected chi connectivity index (χ3v) is 5.17. The van der Waals surface area contributed by atoms with E-state index in [0.717, 1.165) is 5.56 Å². The van der Waals surface area contributed by atoms with Crippen LogP contribution in [0, 0.1) is 6.92 Å². The number of fused-ring (bicyclic) bond motifs is 1. The molecule has 0 fully saturated rings. The minimum absolute atomic E-state index is 0.127. The molecule has 0 radical (unpaired) electrons. The first kappa shape index (κ1) is 16.6. The summed E-state index contributed by atoms with van der Waals surface area (Å²) < 4.78 is 43.9. The molecule has 1 heterocycles. The minimum Gasteiger partial charge on any atom is -0.496 e. The van der Waals surface area contributed by atoms with Gasteiger partial charge in [-0.15, -0.1) is 0 Å². The molecule has 0 saturated heterocycles. The second-order valence-corrected chi connectivity index (χ2v) is 7.25. The van der Waals surface area contributed by atoms with Crippen molar-refractivity contribution in [2.24, 2.45) is 0 Å². The monoisotopic (exact) mass is 349 g/mol. The number of para-hydroxylation sites is 2. The van der Waals surface area contributed by atoms with Gasteiger partial charge < -0.3 is 14.2 Å². The molecule has 0 spiro atoms. The Balaban J connectivity index is 1.67. The fraction of sp³-hybridized carbons (Fsp3) is 0.294. The molecule has 1 aliphatic rings. The molecule has 24 heavy (non-hydrogen) atoms. The Morgan fingerprint density at radius 2 is 1.96 bits per heavy atom. The number of aryl methyl sites for hydroxylation is 1. The molecule has 0 amide bonds. The van der Waals surface area contributed by atoms with Crippen LogP contribution in [0.2, 0.25) is 0 Å². The molecule has 0 aliphatic carbocycles. The molecule has 2 aromatic rings. The van der Waals surface area contributed by atoms with Gasteiger partial charge in [0.25, 0.3) is 0 Å². The second-order valence-electron chi connectivity index (χ2n) is 5.48. The van der Waals surface area contributed by atoms with Gasteiger partial charge in [0.1, 0.15) is 18.5 Å². The van der Waals surface area contributed by atoms with Crippen molar-refractivity contribution in [3.8, 4) is 17.2 Å². The van der Waals surface area contributed by atoms with Crippen LogP contribution in [0.15, 0.2) is 47.4 Å². The Bertz CT molecular complexity index is 835. The number of hydrogen-bond acceptors (Lipinski definition) is 5. The highest BCUT2D eigenvalue weighted by molar-refractivity contribution is 7.89. The van der Waals surface area contributed by atoms with E-state index >= 15 is 0 Å². The topological polar surface area (TPSA) is 73.9 Å². The molecular weight excluding hydrogens is 330 g/mol. The summed E-state index contributed by atoms with van der Waals surface area (Å²) in [5, 5.41) is 0. The van der Waals surface area contributed by atoms with E-state index in [1.54, 1.807) is 32.2 Å². The number of benzene rings is 2. The van der Waals surface area contributed by atoms with E-state index in [4.69, 9.17) is 14.2 Å². The van der Waals surface area contributed by atoms with Gasteiger partial charge in [-0.05, 0) is 42.8 Å². The molecule has 0 bridgehead atoms. The first-order chi connectivity index (χ1) is 11.5. The Hall–Kier alpha value is -2.25. The Kier molecular flexibility index (Phi) is 4.64. The highest BCUT2D eigenvalue weighted by atomic mass is 32.2. The summed E-state index contributed by atoms with van der Waals surface area (Å²) in [6.45, 7) is 2.22. The average Bonchev–Trinajstić information content (AvgIpc) is 2.60. The van der Waals surface area contributed by atoms with Crippen LogP contribution in [0.3, 0.4) is 0 Å². The largest absolute Gasteiger partial charge is 0.496 e. The zero-order valence-electron chi connectivity index (χ0n) is 13.5. The molecule has 7 heteroatoms. The van der Waals surface area contributed by atoms with Gasteiger partial charge in [-0.2, -0.15) is 0 Å². The lowest BCUT2D eigenvalue weighted by Crippen LogP contribution is -2.40. The van der Waals surface area contributed by atoms with Crippen molar-refractivity contribution in [3.63, 3.8) is 0 Å². The zero-order valence-corrected chi connectivity index (χ0v) is 14.3. The highest BCUT2D eigenvalue weighted by Gasteiger charge is 2.23. The summed E-state index contributed by atoms with van der Waals surface area (Å²) in [5.41, 5.74) is 0.756. The van der Waals surface area contributed by atoms with Crippen molar-refractivity contribution in [1.82, 2.24) is 4.72 Å². The number of sulfonamides is 1. The maximum atomic E-state index is 12.4. The lowest BCUT2D eigenvalue weighted by Gasteiger charge is -2.26. The van der Waals surface area contributed by atoms with Gasteiger partial charge >= 0.3 is 0 Å². The second kappa shape index (κ2) is 6.70. The molecule has 0 unspecified atom stereocenters. The Morgan fingerprint density at radius 3 is 2.67 bits per heavy atom. The molecule has 128 valence electrons. The fourth-order valence-electron chi connectivity index (χ4n) is 2.47. The molecule has 0 aromatic heterocycles.